The fourth-order valence-corrected chi connectivity index (χ4v) is 2.81. The molecule has 1 saturated heterocycles. The van der Waals surface area contributed by atoms with Crippen molar-refractivity contribution in [3.05, 3.63) is 47.9 Å². The van der Waals surface area contributed by atoms with Crippen LogP contribution in [0.25, 0.3) is 0 Å². The summed E-state index contributed by atoms with van der Waals surface area (Å²) < 4.78 is 14.5. The van der Waals surface area contributed by atoms with Gasteiger partial charge in [0, 0.05) is 30.9 Å². The van der Waals surface area contributed by atoms with E-state index in [0.717, 1.165) is 25.2 Å². The Labute approximate surface area is 124 Å². The van der Waals surface area contributed by atoms with Crippen LogP contribution in [0, 0.1) is 5.82 Å². The predicted octanol–water partition coefficient (Wildman–Crippen LogP) is 3.13. The minimum absolute atomic E-state index is 0.0564. The SMILES string of the molecule is CC(C)c1ncnc(N2CCC(c3ccccn3)C2)c1F. The van der Waals surface area contributed by atoms with Crippen LogP contribution in [0.4, 0.5) is 10.2 Å². The third-order valence-corrected chi connectivity index (χ3v) is 3.94. The molecular formula is C16H19FN4. The third kappa shape index (κ3) is 2.73. The van der Waals surface area contributed by atoms with Crippen molar-refractivity contribution < 1.29 is 4.39 Å². The summed E-state index contributed by atoms with van der Waals surface area (Å²) in [6.45, 7) is 5.43. The molecule has 3 heterocycles. The summed E-state index contributed by atoms with van der Waals surface area (Å²) in [6, 6.07) is 5.94. The van der Waals surface area contributed by atoms with Crippen LogP contribution in [0.3, 0.4) is 0 Å². The molecule has 0 radical (unpaired) electrons. The lowest BCUT2D eigenvalue weighted by atomic mass is 10.0. The summed E-state index contributed by atoms with van der Waals surface area (Å²) in [5.74, 6) is 0.533. The molecule has 0 N–H and O–H groups in total. The maximum Gasteiger partial charge on any atom is 0.187 e. The Kier molecular flexibility index (Phi) is 3.82. The van der Waals surface area contributed by atoms with Gasteiger partial charge in [-0.25, -0.2) is 14.4 Å². The molecule has 21 heavy (non-hydrogen) atoms. The highest BCUT2D eigenvalue weighted by Crippen LogP contribution is 2.31. The molecule has 5 heteroatoms. The van der Waals surface area contributed by atoms with Gasteiger partial charge in [-0.2, -0.15) is 0 Å². The number of halogens is 1. The van der Waals surface area contributed by atoms with Gasteiger partial charge in [0.1, 0.15) is 6.33 Å². The van der Waals surface area contributed by atoms with Crippen molar-refractivity contribution in [3.8, 4) is 0 Å². The lowest BCUT2D eigenvalue weighted by Gasteiger charge is -2.19. The number of hydrogen-bond acceptors (Lipinski definition) is 4. The maximum atomic E-state index is 14.5. The van der Waals surface area contributed by atoms with E-state index in [2.05, 4.69) is 15.0 Å². The molecule has 0 saturated carbocycles. The zero-order valence-corrected chi connectivity index (χ0v) is 12.3. The van der Waals surface area contributed by atoms with E-state index in [9.17, 15) is 4.39 Å². The lowest BCUT2D eigenvalue weighted by Crippen LogP contribution is -2.23. The summed E-state index contributed by atoms with van der Waals surface area (Å²) in [6.07, 6.45) is 4.24. The van der Waals surface area contributed by atoms with Crippen LogP contribution in [0.2, 0.25) is 0 Å². The van der Waals surface area contributed by atoms with Crippen molar-refractivity contribution >= 4 is 5.82 Å². The average molecular weight is 286 g/mol. The summed E-state index contributed by atoms with van der Waals surface area (Å²) in [4.78, 5) is 14.6. The fraction of sp³-hybridized carbons (Fsp3) is 0.438. The highest BCUT2D eigenvalue weighted by molar-refractivity contribution is 5.43. The van der Waals surface area contributed by atoms with Gasteiger partial charge in [-0.3, -0.25) is 4.98 Å². The van der Waals surface area contributed by atoms with Gasteiger partial charge in [0.2, 0.25) is 0 Å². The quantitative estimate of drug-likeness (QED) is 0.869. The van der Waals surface area contributed by atoms with Crippen LogP contribution in [-0.4, -0.2) is 28.0 Å². The third-order valence-electron chi connectivity index (χ3n) is 3.94. The second-order valence-corrected chi connectivity index (χ2v) is 5.74. The molecule has 3 rings (SSSR count). The summed E-state index contributed by atoms with van der Waals surface area (Å²) in [7, 11) is 0. The molecule has 4 nitrogen and oxygen atoms in total. The van der Waals surface area contributed by atoms with E-state index in [4.69, 9.17) is 0 Å². The standard InChI is InChI=1S/C16H19FN4/c1-11(2)15-14(17)16(20-10-19-15)21-8-6-12(9-21)13-5-3-4-7-18-13/h3-5,7,10-12H,6,8-9H2,1-2H3. The molecule has 2 aromatic heterocycles. The Hall–Kier alpha value is -2.04. The van der Waals surface area contributed by atoms with Gasteiger partial charge in [-0.05, 0) is 24.5 Å². The van der Waals surface area contributed by atoms with Crippen molar-refractivity contribution in [1.82, 2.24) is 15.0 Å². The molecule has 2 aromatic rings. The first-order valence-electron chi connectivity index (χ1n) is 7.33. The molecule has 1 fully saturated rings. The molecule has 0 amide bonds. The molecular weight excluding hydrogens is 267 g/mol. The van der Waals surface area contributed by atoms with E-state index in [1.54, 1.807) is 6.20 Å². The maximum absolute atomic E-state index is 14.5. The highest BCUT2D eigenvalue weighted by Gasteiger charge is 2.28. The minimum Gasteiger partial charge on any atom is -0.353 e. The number of rotatable bonds is 3. The molecule has 110 valence electrons. The van der Waals surface area contributed by atoms with Gasteiger partial charge in [0.25, 0.3) is 0 Å². The number of aromatic nitrogens is 3. The van der Waals surface area contributed by atoms with Gasteiger partial charge in [0.15, 0.2) is 11.6 Å². The van der Waals surface area contributed by atoms with Gasteiger partial charge >= 0.3 is 0 Å². The predicted molar refractivity (Wildman–Crippen MR) is 79.9 cm³/mol. The van der Waals surface area contributed by atoms with Crippen molar-refractivity contribution in [3.63, 3.8) is 0 Å². The molecule has 1 atom stereocenters. The Morgan fingerprint density at radius 3 is 2.81 bits per heavy atom. The first-order chi connectivity index (χ1) is 10.2. The molecule has 0 aliphatic carbocycles. The van der Waals surface area contributed by atoms with E-state index in [0.29, 0.717) is 17.4 Å². The molecule has 1 aliphatic heterocycles. The lowest BCUT2D eigenvalue weighted by molar-refractivity contribution is 0.572. The van der Waals surface area contributed by atoms with Crippen LogP contribution in [0.5, 0.6) is 0 Å². The van der Waals surface area contributed by atoms with Gasteiger partial charge in [-0.15, -0.1) is 0 Å². The van der Waals surface area contributed by atoms with Gasteiger partial charge in [0.05, 0.1) is 5.69 Å². The Morgan fingerprint density at radius 2 is 2.10 bits per heavy atom. The monoisotopic (exact) mass is 286 g/mol. The molecule has 0 bridgehead atoms. The Bertz CT molecular complexity index is 615. The summed E-state index contributed by atoms with van der Waals surface area (Å²) in [5, 5.41) is 0. The number of nitrogens with zero attached hydrogens (tertiary/aromatic N) is 4. The van der Waals surface area contributed by atoms with Crippen molar-refractivity contribution in [2.24, 2.45) is 0 Å². The Morgan fingerprint density at radius 1 is 1.24 bits per heavy atom. The number of pyridine rings is 1. The zero-order valence-electron chi connectivity index (χ0n) is 12.3. The van der Waals surface area contributed by atoms with Crippen LogP contribution < -0.4 is 4.90 Å². The molecule has 0 aromatic carbocycles. The van der Waals surface area contributed by atoms with Crippen LogP contribution in [0.1, 0.15) is 43.5 Å². The van der Waals surface area contributed by atoms with E-state index < -0.39 is 0 Å². The smallest absolute Gasteiger partial charge is 0.187 e. The van der Waals surface area contributed by atoms with Crippen LogP contribution >= 0.6 is 0 Å². The van der Waals surface area contributed by atoms with Crippen LogP contribution in [-0.2, 0) is 0 Å². The molecule has 1 unspecified atom stereocenters. The van der Waals surface area contributed by atoms with Crippen LogP contribution in [0.15, 0.2) is 30.7 Å². The normalized spacial score (nSPS) is 18.5. The topological polar surface area (TPSA) is 41.9 Å². The van der Waals surface area contributed by atoms with E-state index in [1.165, 1.54) is 6.33 Å². The van der Waals surface area contributed by atoms with Gasteiger partial charge in [-0.1, -0.05) is 19.9 Å². The molecule has 0 spiro atoms. The fourth-order valence-electron chi connectivity index (χ4n) is 2.81. The number of hydrogen-bond donors (Lipinski definition) is 0. The molecule has 1 aliphatic rings. The summed E-state index contributed by atoms with van der Waals surface area (Å²) in [5.41, 5.74) is 1.56. The van der Waals surface area contributed by atoms with E-state index in [1.807, 2.05) is 36.9 Å². The van der Waals surface area contributed by atoms with Gasteiger partial charge < -0.3 is 4.90 Å². The number of anilines is 1. The minimum atomic E-state index is -0.283. The largest absolute Gasteiger partial charge is 0.353 e. The first-order valence-corrected chi connectivity index (χ1v) is 7.33. The van der Waals surface area contributed by atoms with Crippen molar-refractivity contribution in [2.75, 3.05) is 18.0 Å². The first kappa shape index (κ1) is 13.9. The zero-order chi connectivity index (χ0) is 14.8. The summed E-state index contributed by atoms with van der Waals surface area (Å²) >= 11 is 0. The Balaban J connectivity index is 1.82. The van der Waals surface area contributed by atoms with E-state index >= 15 is 0 Å². The second-order valence-electron chi connectivity index (χ2n) is 5.74. The highest BCUT2D eigenvalue weighted by atomic mass is 19.1. The van der Waals surface area contributed by atoms with Crippen molar-refractivity contribution in [2.45, 2.75) is 32.1 Å². The van der Waals surface area contributed by atoms with Crippen molar-refractivity contribution in [1.29, 1.82) is 0 Å². The van der Waals surface area contributed by atoms with E-state index in [-0.39, 0.29) is 11.7 Å². The average Bonchev–Trinajstić information content (AvgIpc) is 2.98. The second kappa shape index (κ2) is 5.76.